The Hall–Kier alpha value is -1.91. The quantitative estimate of drug-likeness (QED) is 0.799. The summed E-state index contributed by atoms with van der Waals surface area (Å²) in [7, 11) is 1.67. The lowest BCUT2D eigenvalue weighted by Crippen LogP contribution is -2.39. The third-order valence-corrected chi connectivity index (χ3v) is 3.35. The largest absolute Gasteiger partial charge is 0.497 e. The Kier molecular flexibility index (Phi) is 3.95. The second kappa shape index (κ2) is 6.03. The number of nitrogens with zero attached hydrogens (tertiary/aromatic N) is 1. The molecule has 0 bridgehead atoms. The lowest BCUT2D eigenvalue weighted by molar-refractivity contribution is -0.701. The Bertz CT molecular complexity index is 562. The molecule has 0 spiro atoms. The van der Waals surface area contributed by atoms with Crippen LogP contribution in [0.4, 0.5) is 0 Å². The van der Waals surface area contributed by atoms with Crippen molar-refractivity contribution in [3.8, 4) is 5.75 Å². The van der Waals surface area contributed by atoms with Crippen molar-refractivity contribution < 1.29 is 18.8 Å². The molecule has 1 aliphatic heterocycles. The van der Waals surface area contributed by atoms with E-state index in [0.29, 0.717) is 13.2 Å². The van der Waals surface area contributed by atoms with E-state index in [0.717, 1.165) is 18.0 Å². The van der Waals surface area contributed by atoms with E-state index in [9.17, 15) is 0 Å². The first-order valence-corrected chi connectivity index (χ1v) is 6.71. The second-order valence-corrected chi connectivity index (χ2v) is 4.67. The maximum atomic E-state index is 5.59. The van der Waals surface area contributed by atoms with Gasteiger partial charge in [-0.05, 0) is 30.3 Å². The number of hydrogen-bond acceptors (Lipinski definition) is 3. The van der Waals surface area contributed by atoms with E-state index in [1.54, 1.807) is 7.11 Å². The van der Waals surface area contributed by atoms with Crippen molar-refractivity contribution in [2.45, 2.75) is 12.8 Å². The normalized spacial score (nSPS) is 15.4. The molecule has 1 aliphatic rings. The average molecular weight is 272 g/mol. The topological polar surface area (TPSA) is 31.6 Å². The van der Waals surface area contributed by atoms with Crippen molar-refractivity contribution in [1.82, 2.24) is 0 Å². The standard InChI is InChI=1S/C16H18NO3/c1-18-14-7-5-13(6-8-14)12-17-9-3-2-4-15(17)16-19-10-11-20-16/h2-9,16H,10-12H2,1H3/q+1. The summed E-state index contributed by atoms with van der Waals surface area (Å²) in [4.78, 5) is 0. The van der Waals surface area contributed by atoms with Crippen molar-refractivity contribution in [3.05, 3.63) is 59.9 Å². The molecule has 1 aromatic carbocycles. The molecule has 0 saturated carbocycles. The van der Waals surface area contributed by atoms with Crippen LogP contribution in [0.1, 0.15) is 17.5 Å². The van der Waals surface area contributed by atoms with E-state index < -0.39 is 0 Å². The molecule has 20 heavy (non-hydrogen) atoms. The molecule has 0 unspecified atom stereocenters. The molecule has 4 heteroatoms. The van der Waals surface area contributed by atoms with Crippen LogP contribution in [0, 0.1) is 0 Å². The summed E-state index contributed by atoms with van der Waals surface area (Å²) in [6, 6.07) is 14.1. The Morgan fingerprint density at radius 1 is 1.10 bits per heavy atom. The highest BCUT2D eigenvalue weighted by Gasteiger charge is 2.26. The number of methoxy groups -OCH3 is 1. The predicted molar refractivity (Wildman–Crippen MR) is 73.4 cm³/mol. The molecule has 0 atom stereocenters. The predicted octanol–water partition coefficient (Wildman–Crippen LogP) is 2.08. The maximum Gasteiger partial charge on any atom is 0.245 e. The highest BCUT2D eigenvalue weighted by atomic mass is 16.7. The highest BCUT2D eigenvalue weighted by Crippen LogP contribution is 2.20. The van der Waals surface area contributed by atoms with Gasteiger partial charge in [0.2, 0.25) is 12.0 Å². The fourth-order valence-corrected chi connectivity index (χ4v) is 2.30. The van der Waals surface area contributed by atoms with E-state index in [1.807, 2.05) is 36.5 Å². The number of benzene rings is 1. The zero-order valence-electron chi connectivity index (χ0n) is 11.5. The fourth-order valence-electron chi connectivity index (χ4n) is 2.30. The van der Waals surface area contributed by atoms with Crippen LogP contribution in [-0.2, 0) is 16.0 Å². The van der Waals surface area contributed by atoms with Crippen LogP contribution in [0.5, 0.6) is 5.75 Å². The molecule has 1 fully saturated rings. The third-order valence-electron chi connectivity index (χ3n) is 3.35. The zero-order valence-corrected chi connectivity index (χ0v) is 11.5. The molecule has 2 heterocycles. The van der Waals surface area contributed by atoms with Crippen molar-refractivity contribution in [2.75, 3.05) is 20.3 Å². The first kappa shape index (κ1) is 13.1. The van der Waals surface area contributed by atoms with E-state index in [4.69, 9.17) is 14.2 Å². The minimum atomic E-state index is -0.255. The summed E-state index contributed by atoms with van der Waals surface area (Å²) in [6.45, 7) is 2.09. The molecule has 3 rings (SSSR count). The molecule has 2 aromatic rings. The molecule has 0 N–H and O–H groups in total. The zero-order chi connectivity index (χ0) is 13.8. The van der Waals surface area contributed by atoms with Gasteiger partial charge in [0.15, 0.2) is 12.7 Å². The second-order valence-electron chi connectivity index (χ2n) is 4.67. The Labute approximate surface area is 118 Å². The summed E-state index contributed by atoms with van der Waals surface area (Å²) in [5.41, 5.74) is 2.25. The molecule has 4 nitrogen and oxygen atoms in total. The van der Waals surface area contributed by atoms with Gasteiger partial charge in [-0.15, -0.1) is 0 Å². The van der Waals surface area contributed by atoms with Crippen LogP contribution in [0.2, 0.25) is 0 Å². The van der Waals surface area contributed by atoms with Gasteiger partial charge in [-0.1, -0.05) is 0 Å². The van der Waals surface area contributed by atoms with Crippen molar-refractivity contribution in [2.24, 2.45) is 0 Å². The van der Waals surface area contributed by atoms with Gasteiger partial charge in [-0.25, -0.2) is 0 Å². The Morgan fingerprint density at radius 2 is 1.85 bits per heavy atom. The van der Waals surface area contributed by atoms with E-state index in [-0.39, 0.29) is 6.29 Å². The minimum Gasteiger partial charge on any atom is -0.497 e. The number of rotatable bonds is 4. The first-order chi connectivity index (χ1) is 9.86. The lowest BCUT2D eigenvalue weighted by atomic mass is 10.2. The first-order valence-electron chi connectivity index (χ1n) is 6.71. The molecule has 104 valence electrons. The number of aromatic nitrogens is 1. The van der Waals surface area contributed by atoms with E-state index in [2.05, 4.69) is 16.7 Å². The van der Waals surface area contributed by atoms with Gasteiger partial charge < -0.3 is 14.2 Å². The van der Waals surface area contributed by atoms with Crippen molar-refractivity contribution in [3.63, 3.8) is 0 Å². The summed E-state index contributed by atoms with van der Waals surface area (Å²) < 4.78 is 18.5. The smallest absolute Gasteiger partial charge is 0.245 e. The van der Waals surface area contributed by atoms with Crippen molar-refractivity contribution in [1.29, 1.82) is 0 Å². The molecule has 0 aliphatic carbocycles. The molecular formula is C16H18NO3+. The minimum absolute atomic E-state index is 0.255. The lowest BCUT2D eigenvalue weighted by Gasteiger charge is -2.09. The Balaban J connectivity index is 1.82. The van der Waals surface area contributed by atoms with Gasteiger partial charge in [-0.3, -0.25) is 0 Å². The van der Waals surface area contributed by atoms with Crippen molar-refractivity contribution >= 4 is 0 Å². The molecule has 1 aromatic heterocycles. The highest BCUT2D eigenvalue weighted by molar-refractivity contribution is 5.26. The van der Waals surface area contributed by atoms with Crippen LogP contribution in [0.3, 0.4) is 0 Å². The summed E-state index contributed by atoms with van der Waals surface area (Å²) in [6.07, 6.45) is 1.79. The van der Waals surface area contributed by atoms with Gasteiger partial charge in [-0.2, -0.15) is 4.57 Å². The Morgan fingerprint density at radius 3 is 2.55 bits per heavy atom. The van der Waals surface area contributed by atoms with Gasteiger partial charge in [0.25, 0.3) is 0 Å². The van der Waals surface area contributed by atoms with E-state index in [1.165, 1.54) is 5.56 Å². The molecular weight excluding hydrogens is 254 g/mol. The van der Waals surface area contributed by atoms with Crippen LogP contribution >= 0.6 is 0 Å². The van der Waals surface area contributed by atoms with Gasteiger partial charge in [0.05, 0.1) is 20.3 Å². The number of ether oxygens (including phenoxy) is 3. The SMILES string of the molecule is COc1ccc(C[n+]2ccccc2C2OCCO2)cc1. The van der Waals surface area contributed by atoms with Crippen LogP contribution in [0.15, 0.2) is 48.7 Å². The van der Waals surface area contributed by atoms with Crippen LogP contribution in [0.25, 0.3) is 0 Å². The summed E-state index contributed by atoms with van der Waals surface area (Å²) in [5.74, 6) is 0.870. The number of pyridine rings is 1. The summed E-state index contributed by atoms with van der Waals surface area (Å²) in [5, 5.41) is 0. The third kappa shape index (κ3) is 2.81. The van der Waals surface area contributed by atoms with Crippen LogP contribution in [-0.4, -0.2) is 20.3 Å². The maximum absolute atomic E-state index is 5.59. The van der Waals surface area contributed by atoms with Gasteiger partial charge in [0, 0.05) is 17.7 Å². The van der Waals surface area contributed by atoms with Crippen LogP contribution < -0.4 is 9.30 Å². The average Bonchev–Trinajstić information content (AvgIpc) is 3.03. The molecule has 1 saturated heterocycles. The molecule has 0 radical (unpaired) electrons. The molecule has 0 amide bonds. The number of hydrogen-bond donors (Lipinski definition) is 0. The van der Waals surface area contributed by atoms with E-state index >= 15 is 0 Å². The summed E-state index contributed by atoms with van der Waals surface area (Å²) >= 11 is 0. The fraction of sp³-hybridized carbons (Fsp3) is 0.312. The van der Waals surface area contributed by atoms with Gasteiger partial charge >= 0.3 is 0 Å². The monoisotopic (exact) mass is 272 g/mol. The van der Waals surface area contributed by atoms with Gasteiger partial charge in [0.1, 0.15) is 5.75 Å².